The SMILES string of the molecule is CCC[NH+](CC)N(C)C(C)(C)C. The molecular formula is C10H25N2+. The van der Waals surface area contributed by atoms with Crippen molar-refractivity contribution in [2.24, 2.45) is 0 Å². The summed E-state index contributed by atoms with van der Waals surface area (Å²) in [6, 6.07) is 0. The molecule has 0 aliphatic carbocycles. The van der Waals surface area contributed by atoms with E-state index in [4.69, 9.17) is 0 Å². The first-order valence-corrected chi connectivity index (χ1v) is 5.02. The van der Waals surface area contributed by atoms with Gasteiger partial charge in [-0.15, -0.1) is 0 Å². The van der Waals surface area contributed by atoms with Gasteiger partial charge in [0.25, 0.3) is 0 Å². The fraction of sp³-hybridized carbons (Fsp3) is 1.00. The first-order valence-electron chi connectivity index (χ1n) is 5.02. The van der Waals surface area contributed by atoms with Crippen molar-refractivity contribution in [2.75, 3.05) is 20.1 Å². The van der Waals surface area contributed by atoms with E-state index in [1.165, 1.54) is 19.5 Å². The number of nitrogens with zero attached hydrogens (tertiary/aromatic N) is 1. The Kier molecular flexibility index (Phi) is 4.80. The van der Waals surface area contributed by atoms with Gasteiger partial charge in [0, 0.05) is 7.05 Å². The molecule has 1 N–H and O–H groups in total. The van der Waals surface area contributed by atoms with E-state index in [0.29, 0.717) is 0 Å². The van der Waals surface area contributed by atoms with Gasteiger partial charge in [-0.05, 0) is 34.1 Å². The Labute approximate surface area is 77.5 Å². The zero-order valence-electron chi connectivity index (χ0n) is 9.57. The highest BCUT2D eigenvalue weighted by Crippen LogP contribution is 2.04. The van der Waals surface area contributed by atoms with Crippen LogP contribution in [0, 0.1) is 0 Å². The van der Waals surface area contributed by atoms with Gasteiger partial charge < -0.3 is 0 Å². The van der Waals surface area contributed by atoms with Gasteiger partial charge in [0.05, 0.1) is 18.6 Å². The molecule has 1 unspecified atom stereocenters. The van der Waals surface area contributed by atoms with Crippen molar-refractivity contribution in [3.8, 4) is 0 Å². The molecule has 0 bridgehead atoms. The minimum absolute atomic E-state index is 0.278. The Bertz CT molecular complexity index is 115. The second kappa shape index (κ2) is 4.83. The molecule has 0 saturated carbocycles. The van der Waals surface area contributed by atoms with Crippen LogP contribution in [0.15, 0.2) is 0 Å². The number of quaternary nitrogens is 1. The first kappa shape index (κ1) is 11.9. The molecule has 2 heteroatoms. The van der Waals surface area contributed by atoms with Gasteiger partial charge in [0.1, 0.15) is 0 Å². The summed E-state index contributed by atoms with van der Waals surface area (Å²) >= 11 is 0. The summed E-state index contributed by atoms with van der Waals surface area (Å²) in [6.45, 7) is 13.7. The van der Waals surface area contributed by atoms with Gasteiger partial charge >= 0.3 is 0 Å². The summed E-state index contributed by atoms with van der Waals surface area (Å²) in [5.41, 5.74) is 0.278. The number of hydrogen-bond donors (Lipinski definition) is 1. The number of nitrogens with one attached hydrogen (secondary N) is 1. The summed E-state index contributed by atoms with van der Waals surface area (Å²) in [6.07, 6.45) is 1.25. The Hall–Kier alpha value is -0.0800. The molecule has 0 aromatic carbocycles. The van der Waals surface area contributed by atoms with Crippen LogP contribution in [0.25, 0.3) is 0 Å². The zero-order chi connectivity index (χ0) is 9.78. The van der Waals surface area contributed by atoms with Crippen molar-refractivity contribution >= 4 is 0 Å². The van der Waals surface area contributed by atoms with Crippen LogP contribution in [0.2, 0.25) is 0 Å². The van der Waals surface area contributed by atoms with E-state index >= 15 is 0 Å². The van der Waals surface area contributed by atoms with Crippen LogP contribution in [0.1, 0.15) is 41.0 Å². The lowest BCUT2D eigenvalue weighted by molar-refractivity contribution is -1.02. The van der Waals surface area contributed by atoms with Crippen LogP contribution >= 0.6 is 0 Å². The Balaban J connectivity index is 4.11. The molecule has 0 aromatic heterocycles. The Morgan fingerprint density at radius 1 is 1.17 bits per heavy atom. The highest BCUT2D eigenvalue weighted by molar-refractivity contribution is 4.65. The summed E-state index contributed by atoms with van der Waals surface area (Å²) in [5.74, 6) is 0. The van der Waals surface area contributed by atoms with Crippen LogP contribution in [0.4, 0.5) is 0 Å². The van der Waals surface area contributed by atoms with Crippen molar-refractivity contribution in [1.29, 1.82) is 0 Å². The van der Waals surface area contributed by atoms with Crippen molar-refractivity contribution in [2.45, 2.75) is 46.6 Å². The van der Waals surface area contributed by atoms with Crippen molar-refractivity contribution in [3.63, 3.8) is 0 Å². The van der Waals surface area contributed by atoms with Crippen molar-refractivity contribution in [1.82, 2.24) is 5.01 Å². The first-order chi connectivity index (χ1) is 5.43. The van der Waals surface area contributed by atoms with E-state index < -0.39 is 0 Å². The maximum absolute atomic E-state index is 2.41. The molecule has 0 saturated heterocycles. The molecule has 74 valence electrons. The molecule has 2 nitrogen and oxygen atoms in total. The summed E-state index contributed by atoms with van der Waals surface area (Å²) in [5, 5.41) is 3.99. The lowest BCUT2D eigenvalue weighted by Gasteiger charge is -2.36. The third-order valence-corrected chi connectivity index (χ3v) is 2.43. The minimum atomic E-state index is 0.278. The molecule has 0 aliphatic heterocycles. The third-order valence-electron chi connectivity index (χ3n) is 2.43. The zero-order valence-corrected chi connectivity index (χ0v) is 9.57. The number of hydrogen-bond acceptors (Lipinski definition) is 1. The van der Waals surface area contributed by atoms with Gasteiger partial charge in [-0.25, -0.2) is 0 Å². The van der Waals surface area contributed by atoms with Gasteiger partial charge in [-0.2, -0.15) is 5.01 Å². The highest BCUT2D eigenvalue weighted by atomic mass is 15.6. The lowest BCUT2D eigenvalue weighted by Crippen LogP contribution is -3.19. The maximum atomic E-state index is 2.41. The van der Waals surface area contributed by atoms with Gasteiger partial charge in [-0.3, -0.25) is 5.01 Å². The average Bonchev–Trinajstić information content (AvgIpc) is 1.97. The molecule has 0 spiro atoms. The fourth-order valence-electron chi connectivity index (χ4n) is 1.34. The van der Waals surface area contributed by atoms with Gasteiger partial charge in [-0.1, -0.05) is 6.92 Å². The summed E-state index contributed by atoms with van der Waals surface area (Å²) in [7, 11) is 2.20. The molecule has 0 amide bonds. The topological polar surface area (TPSA) is 7.68 Å². The molecule has 1 atom stereocenters. The van der Waals surface area contributed by atoms with Crippen LogP contribution in [-0.2, 0) is 0 Å². The fourth-order valence-corrected chi connectivity index (χ4v) is 1.34. The Morgan fingerprint density at radius 3 is 1.92 bits per heavy atom. The summed E-state index contributed by atoms with van der Waals surface area (Å²) < 4.78 is 0. The molecular weight excluding hydrogens is 148 g/mol. The van der Waals surface area contributed by atoms with Crippen molar-refractivity contribution in [3.05, 3.63) is 0 Å². The smallest absolute Gasteiger partial charge is 0.0945 e. The largest absolute Gasteiger partial charge is 0.255 e. The average molecular weight is 173 g/mol. The van der Waals surface area contributed by atoms with Gasteiger partial charge in [0.2, 0.25) is 0 Å². The monoisotopic (exact) mass is 173 g/mol. The summed E-state index contributed by atoms with van der Waals surface area (Å²) in [4.78, 5) is 0. The van der Waals surface area contributed by atoms with E-state index in [1.807, 2.05) is 0 Å². The normalized spacial score (nSPS) is 15.2. The number of rotatable bonds is 4. The lowest BCUT2D eigenvalue weighted by atomic mass is 10.1. The van der Waals surface area contributed by atoms with Crippen molar-refractivity contribution < 1.29 is 5.01 Å². The molecule has 0 radical (unpaired) electrons. The second-order valence-corrected chi connectivity index (χ2v) is 4.40. The quantitative estimate of drug-likeness (QED) is 0.622. The minimum Gasteiger partial charge on any atom is -0.255 e. The molecule has 0 aromatic rings. The second-order valence-electron chi connectivity index (χ2n) is 4.40. The van der Waals surface area contributed by atoms with E-state index in [9.17, 15) is 0 Å². The van der Waals surface area contributed by atoms with Crippen LogP contribution in [-0.4, -0.2) is 30.7 Å². The van der Waals surface area contributed by atoms with E-state index in [0.717, 1.165) is 0 Å². The standard InChI is InChI=1S/C10H24N2/c1-7-9-12(8-2)11(6)10(3,4)5/h7-9H2,1-6H3/p+1. The van der Waals surface area contributed by atoms with Gasteiger partial charge in [0.15, 0.2) is 0 Å². The molecule has 0 heterocycles. The molecule has 0 rings (SSSR count). The Morgan fingerprint density at radius 2 is 1.67 bits per heavy atom. The molecule has 0 aliphatic rings. The van der Waals surface area contributed by atoms with Crippen LogP contribution in [0.3, 0.4) is 0 Å². The van der Waals surface area contributed by atoms with Crippen LogP contribution < -0.4 is 5.01 Å². The predicted molar refractivity (Wildman–Crippen MR) is 54.2 cm³/mol. The van der Waals surface area contributed by atoms with E-state index in [-0.39, 0.29) is 5.54 Å². The van der Waals surface area contributed by atoms with E-state index in [1.54, 1.807) is 5.01 Å². The molecule has 12 heavy (non-hydrogen) atoms. The third kappa shape index (κ3) is 3.55. The van der Waals surface area contributed by atoms with E-state index in [2.05, 4.69) is 46.7 Å². The maximum Gasteiger partial charge on any atom is 0.0945 e. The molecule has 0 fully saturated rings. The highest BCUT2D eigenvalue weighted by Gasteiger charge is 2.25. The predicted octanol–water partition coefficient (Wildman–Crippen LogP) is 0.946. The van der Waals surface area contributed by atoms with Crippen LogP contribution in [0.5, 0.6) is 0 Å².